The number of carboxylic acids is 9. The van der Waals surface area contributed by atoms with Crippen LogP contribution in [0.25, 0.3) is 0 Å². The number of hydrogen-bond acceptors (Lipinski definition) is 9. The smallest absolute Gasteiger partial charge is 0.332 e. The first kappa shape index (κ1) is 34.7. The molecule has 0 aliphatic rings. The first-order chi connectivity index (χ1) is 18.3. The van der Waals surface area contributed by atoms with Crippen molar-refractivity contribution in [1.82, 2.24) is 0 Å². The summed E-state index contributed by atoms with van der Waals surface area (Å²) in [5.74, 6) is -22.8. The molecule has 3 atom stereocenters. The van der Waals surface area contributed by atoms with Gasteiger partial charge in [0.2, 0.25) is 0 Å². The molecule has 0 aromatic heterocycles. The molecule has 0 spiro atoms. The first-order valence-electron chi connectivity index (χ1n) is 10.7. The second kappa shape index (κ2) is 14.6. The standard InChI is InChI=1S/C22H24O18/c23-13(24)2-1-8(16(29)30)3-9(17(31)32)6-22(21(39)40,12(20(37)38)5-15(27)28)7-11(19(35)36)10(18(33)34)4-14(25)26/h6,8,12H,1-5,7H2,(H,23,24)(H,25,26)(H,27,28)(H,29,30)(H,31,32)(H,33,34)(H,35,36)(H,37,38)(H,39,40). The van der Waals surface area contributed by atoms with Crippen LogP contribution in [0.5, 0.6) is 0 Å². The molecule has 0 saturated carbocycles. The SMILES string of the molecule is O=C(O)CCC(CC(=CC(CC(C(=O)O)=C(CC(=O)O)C(=O)O)(C(=O)O)C(CC(=O)O)C(=O)O)C(=O)O)C(=O)O. The van der Waals surface area contributed by atoms with Gasteiger partial charge in [-0.1, -0.05) is 6.08 Å². The van der Waals surface area contributed by atoms with Gasteiger partial charge in [-0.05, 0) is 12.8 Å². The van der Waals surface area contributed by atoms with Crippen molar-refractivity contribution < 1.29 is 89.1 Å². The van der Waals surface area contributed by atoms with Crippen LogP contribution in [-0.2, 0) is 43.2 Å². The Labute approximate surface area is 222 Å². The van der Waals surface area contributed by atoms with E-state index in [9.17, 15) is 78.9 Å². The highest BCUT2D eigenvalue weighted by Crippen LogP contribution is 2.42. The predicted octanol–water partition coefficient (Wildman–Crippen LogP) is -0.470. The van der Waals surface area contributed by atoms with E-state index in [0.29, 0.717) is 0 Å². The number of carbonyl (C=O) groups is 9. The van der Waals surface area contributed by atoms with Gasteiger partial charge in [0.15, 0.2) is 0 Å². The molecule has 0 radical (unpaired) electrons. The lowest BCUT2D eigenvalue weighted by Crippen LogP contribution is -2.44. The topological polar surface area (TPSA) is 336 Å². The largest absolute Gasteiger partial charge is 0.481 e. The van der Waals surface area contributed by atoms with Crippen molar-refractivity contribution in [3.63, 3.8) is 0 Å². The lowest BCUT2D eigenvalue weighted by Gasteiger charge is -2.33. The molecule has 0 aliphatic carbocycles. The van der Waals surface area contributed by atoms with Crippen LogP contribution in [0.1, 0.15) is 38.5 Å². The zero-order valence-corrected chi connectivity index (χ0v) is 20.2. The number of hydrogen-bond donors (Lipinski definition) is 9. The van der Waals surface area contributed by atoms with E-state index in [-0.39, 0.29) is 6.08 Å². The molecule has 9 N–H and O–H groups in total. The highest BCUT2D eigenvalue weighted by atomic mass is 16.4. The van der Waals surface area contributed by atoms with E-state index in [0.717, 1.165) is 0 Å². The molecule has 0 heterocycles. The second-order valence-electron chi connectivity index (χ2n) is 8.30. The van der Waals surface area contributed by atoms with Gasteiger partial charge in [-0.3, -0.25) is 28.8 Å². The predicted molar refractivity (Wildman–Crippen MR) is 121 cm³/mol. The van der Waals surface area contributed by atoms with Crippen molar-refractivity contribution in [3.05, 3.63) is 22.8 Å². The van der Waals surface area contributed by atoms with E-state index in [4.69, 9.17) is 10.2 Å². The minimum Gasteiger partial charge on any atom is -0.481 e. The Morgan fingerprint density at radius 1 is 0.600 bits per heavy atom. The van der Waals surface area contributed by atoms with Gasteiger partial charge in [0, 0.05) is 24.0 Å². The molecule has 0 aliphatic heterocycles. The molecule has 40 heavy (non-hydrogen) atoms. The summed E-state index contributed by atoms with van der Waals surface area (Å²) in [7, 11) is 0. The lowest BCUT2D eigenvalue weighted by molar-refractivity contribution is -0.162. The number of rotatable bonds is 19. The summed E-state index contributed by atoms with van der Waals surface area (Å²) < 4.78 is 0. The van der Waals surface area contributed by atoms with E-state index >= 15 is 0 Å². The Hall–Kier alpha value is -5.29. The van der Waals surface area contributed by atoms with Crippen LogP contribution in [0.2, 0.25) is 0 Å². The molecular formula is C22H24O18. The van der Waals surface area contributed by atoms with E-state index in [1.54, 1.807) is 0 Å². The summed E-state index contributed by atoms with van der Waals surface area (Å²) in [5.41, 5.74) is -7.59. The third-order valence-corrected chi connectivity index (χ3v) is 5.60. The Morgan fingerprint density at radius 2 is 1.12 bits per heavy atom. The van der Waals surface area contributed by atoms with Crippen molar-refractivity contribution >= 4 is 53.7 Å². The van der Waals surface area contributed by atoms with Gasteiger partial charge < -0.3 is 46.0 Å². The molecular weight excluding hydrogens is 552 g/mol. The van der Waals surface area contributed by atoms with Gasteiger partial charge >= 0.3 is 53.7 Å². The summed E-state index contributed by atoms with van der Waals surface area (Å²) in [5, 5.41) is 84.7. The molecule has 0 fully saturated rings. The molecule has 220 valence electrons. The molecule has 18 nitrogen and oxygen atoms in total. The maximum Gasteiger partial charge on any atom is 0.332 e. The van der Waals surface area contributed by atoms with Crippen LogP contribution >= 0.6 is 0 Å². The van der Waals surface area contributed by atoms with Crippen molar-refractivity contribution in [1.29, 1.82) is 0 Å². The molecule has 0 aromatic carbocycles. The molecule has 3 unspecified atom stereocenters. The van der Waals surface area contributed by atoms with E-state index in [2.05, 4.69) is 0 Å². The van der Waals surface area contributed by atoms with Crippen LogP contribution in [0.15, 0.2) is 22.8 Å². The third-order valence-electron chi connectivity index (χ3n) is 5.60. The average molecular weight is 576 g/mol. The third kappa shape index (κ3) is 9.88. The zero-order valence-electron chi connectivity index (χ0n) is 20.2. The average Bonchev–Trinajstić information content (AvgIpc) is 2.79. The van der Waals surface area contributed by atoms with Gasteiger partial charge in [-0.25, -0.2) is 14.4 Å². The fraction of sp³-hybridized carbons (Fsp3) is 0.409. The zero-order chi connectivity index (χ0) is 31.5. The van der Waals surface area contributed by atoms with Gasteiger partial charge in [0.05, 0.1) is 30.3 Å². The summed E-state index contributed by atoms with van der Waals surface area (Å²) in [6, 6.07) is 0. The molecule has 0 rings (SSSR count). The minimum absolute atomic E-state index is 0.0687. The van der Waals surface area contributed by atoms with Gasteiger partial charge in [0.25, 0.3) is 0 Å². The summed E-state index contributed by atoms with van der Waals surface area (Å²) in [4.78, 5) is 105. The van der Waals surface area contributed by atoms with E-state index in [1.807, 2.05) is 0 Å². The molecule has 0 aromatic rings. The summed E-state index contributed by atoms with van der Waals surface area (Å²) in [6.45, 7) is 0. The van der Waals surface area contributed by atoms with Crippen molar-refractivity contribution in [3.8, 4) is 0 Å². The van der Waals surface area contributed by atoms with E-state index < -0.39 is 126 Å². The maximum atomic E-state index is 12.5. The summed E-state index contributed by atoms with van der Waals surface area (Å²) >= 11 is 0. The quantitative estimate of drug-likeness (QED) is 0.0877. The maximum absolute atomic E-state index is 12.5. The van der Waals surface area contributed by atoms with Crippen LogP contribution in [0.3, 0.4) is 0 Å². The van der Waals surface area contributed by atoms with Gasteiger partial charge in [0.1, 0.15) is 5.41 Å². The fourth-order valence-electron chi connectivity index (χ4n) is 3.69. The van der Waals surface area contributed by atoms with Gasteiger partial charge in [-0.2, -0.15) is 0 Å². The molecule has 0 amide bonds. The highest BCUT2D eigenvalue weighted by Gasteiger charge is 2.51. The first-order valence-corrected chi connectivity index (χ1v) is 10.7. The van der Waals surface area contributed by atoms with Crippen LogP contribution < -0.4 is 0 Å². The van der Waals surface area contributed by atoms with Crippen LogP contribution in [-0.4, -0.2) is 99.7 Å². The Kier molecular flexibility index (Phi) is 12.7. The number of carboxylic acid groups (broad SMARTS) is 9. The van der Waals surface area contributed by atoms with Gasteiger partial charge in [-0.15, -0.1) is 0 Å². The van der Waals surface area contributed by atoms with Crippen LogP contribution in [0, 0.1) is 17.3 Å². The fourth-order valence-corrected chi connectivity index (χ4v) is 3.69. The van der Waals surface area contributed by atoms with E-state index in [1.165, 1.54) is 0 Å². The molecule has 18 heteroatoms. The highest BCUT2D eigenvalue weighted by molar-refractivity contribution is 6.03. The lowest BCUT2D eigenvalue weighted by atomic mass is 9.67. The van der Waals surface area contributed by atoms with Crippen molar-refractivity contribution in [2.75, 3.05) is 0 Å². The molecule has 0 saturated heterocycles. The second-order valence-corrected chi connectivity index (χ2v) is 8.30. The minimum atomic E-state index is -3.42. The van der Waals surface area contributed by atoms with Crippen molar-refractivity contribution in [2.24, 2.45) is 17.3 Å². The number of aliphatic carboxylic acids is 9. The Morgan fingerprint density at radius 3 is 1.45 bits per heavy atom. The van der Waals surface area contributed by atoms with Crippen LogP contribution in [0.4, 0.5) is 0 Å². The Bertz CT molecular complexity index is 1170. The summed E-state index contributed by atoms with van der Waals surface area (Å²) in [6.07, 6.45) is -7.47. The Balaban J connectivity index is 7.72. The molecule has 0 bridgehead atoms. The van der Waals surface area contributed by atoms with Crippen molar-refractivity contribution in [2.45, 2.75) is 38.5 Å². The normalized spacial score (nSPS) is 14.9. The monoisotopic (exact) mass is 576 g/mol.